The summed E-state index contributed by atoms with van der Waals surface area (Å²) >= 11 is 0. The van der Waals surface area contributed by atoms with E-state index in [-0.39, 0.29) is 12.1 Å². The first-order chi connectivity index (χ1) is 8.16. The van der Waals surface area contributed by atoms with Gasteiger partial charge in [0.1, 0.15) is 11.6 Å². The molecule has 17 heavy (non-hydrogen) atoms. The summed E-state index contributed by atoms with van der Waals surface area (Å²) in [5.41, 5.74) is 0.497. The van der Waals surface area contributed by atoms with Crippen LogP contribution in [0.25, 0.3) is 0 Å². The topological polar surface area (TPSA) is 21.3 Å². The van der Waals surface area contributed by atoms with Gasteiger partial charge in [-0.15, -0.1) is 0 Å². The molecule has 0 aliphatic carbocycles. The number of rotatable bonds is 3. The lowest BCUT2D eigenvalue weighted by Gasteiger charge is -2.27. The molecule has 4 heteroatoms. The highest BCUT2D eigenvalue weighted by molar-refractivity contribution is 5.21. The largest absolute Gasteiger partial charge is 0.380 e. The quantitative estimate of drug-likeness (QED) is 0.878. The lowest BCUT2D eigenvalue weighted by molar-refractivity contribution is 0.0669. The first-order valence-electron chi connectivity index (χ1n) is 5.95. The predicted molar refractivity (Wildman–Crippen MR) is 61.7 cm³/mol. The van der Waals surface area contributed by atoms with E-state index in [1.165, 1.54) is 12.1 Å². The van der Waals surface area contributed by atoms with E-state index in [4.69, 9.17) is 4.74 Å². The zero-order valence-electron chi connectivity index (χ0n) is 9.88. The average molecular weight is 241 g/mol. The average Bonchev–Trinajstić information content (AvgIpc) is 2.30. The van der Waals surface area contributed by atoms with Gasteiger partial charge in [0, 0.05) is 30.3 Å². The van der Waals surface area contributed by atoms with Crippen molar-refractivity contribution in [1.82, 2.24) is 5.32 Å². The van der Waals surface area contributed by atoms with Crippen molar-refractivity contribution in [3.05, 3.63) is 35.4 Å². The molecule has 1 fully saturated rings. The molecule has 1 N–H and O–H groups in total. The molecule has 1 saturated heterocycles. The second-order valence-electron chi connectivity index (χ2n) is 4.47. The molecule has 1 heterocycles. The van der Waals surface area contributed by atoms with E-state index < -0.39 is 11.6 Å². The minimum Gasteiger partial charge on any atom is -0.380 e. The van der Waals surface area contributed by atoms with Gasteiger partial charge < -0.3 is 10.1 Å². The van der Waals surface area contributed by atoms with Gasteiger partial charge >= 0.3 is 0 Å². The Morgan fingerprint density at radius 1 is 1.41 bits per heavy atom. The van der Waals surface area contributed by atoms with Crippen molar-refractivity contribution in [2.45, 2.75) is 31.8 Å². The first-order valence-corrected chi connectivity index (χ1v) is 5.95. The van der Waals surface area contributed by atoms with Crippen molar-refractivity contribution in [2.24, 2.45) is 0 Å². The molecule has 0 aromatic heterocycles. The van der Waals surface area contributed by atoms with Crippen molar-refractivity contribution in [1.29, 1.82) is 0 Å². The molecule has 94 valence electrons. The van der Waals surface area contributed by atoms with E-state index in [2.05, 4.69) is 5.32 Å². The van der Waals surface area contributed by atoms with Gasteiger partial charge in [0.15, 0.2) is 0 Å². The lowest BCUT2D eigenvalue weighted by atomic mass is 10.0. The van der Waals surface area contributed by atoms with Crippen LogP contribution in [0.4, 0.5) is 8.78 Å². The molecule has 0 spiro atoms. The van der Waals surface area contributed by atoms with E-state index in [1.807, 2.05) is 6.92 Å². The number of halogens is 2. The zero-order chi connectivity index (χ0) is 12.3. The highest BCUT2D eigenvalue weighted by atomic mass is 19.1. The van der Waals surface area contributed by atoms with Crippen LogP contribution in [0.1, 0.15) is 31.4 Å². The van der Waals surface area contributed by atoms with Crippen molar-refractivity contribution < 1.29 is 13.5 Å². The molecule has 2 unspecified atom stereocenters. The van der Waals surface area contributed by atoms with Crippen LogP contribution in [0.3, 0.4) is 0 Å². The molecule has 1 aromatic carbocycles. The summed E-state index contributed by atoms with van der Waals surface area (Å²) in [6.07, 6.45) is 2.06. The molecule has 2 rings (SSSR count). The van der Waals surface area contributed by atoms with Gasteiger partial charge in [0.25, 0.3) is 0 Å². The molecule has 0 radical (unpaired) electrons. The van der Waals surface area contributed by atoms with Crippen LogP contribution in [0.15, 0.2) is 18.2 Å². The normalized spacial score (nSPS) is 22.4. The fourth-order valence-electron chi connectivity index (χ4n) is 2.17. The van der Waals surface area contributed by atoms with Gasteiger partial charge in [0.2, 0.25) is 0 Å². The van der Waals surface area contributed by atoms with Gasteiger partial charge in [0.05, 0.1) is 6.61 Å². The summed E-state index contributed by atoms with van der Waals surface area (Å²) in [5, 5.41) is 3.31. The standard InChI is InChI=1S/C13H17F2NO/c1-9(16-11-3-2-6-17-8-11)12-5-4-10(14)7-13(12)15/h4-5,7,9,11,16H,2-3,6,8H2,1H3. The molecule has 2 nitrogen and oxygen atoms in total. The summed E-state index contributed by atoms with van der Waals surface area (Å²) in [4.78, 5) is 0. The summed E-state index contributed by atoms with van der Waals surface area (Å²) in [6.45, 7) is 3.34. The number of ether oxygens (including phenoxy) is 1. The highest BCUT2D eigenvalue weighted by Crippen LogP contribution is 2.19. The van der Waals surface area contributed by atoms with Crippen LogP contribution in [-0.4, -0.2) is 19.3 Å². The molecule has 0 saturated carbocycles. The SMILES string of the molecule is CC(NC1CCCOC1)c1ccc(F)cc1F. The maximum absolute atomic E-state index is 13.5. The maximum Gasteiger partial charge on any atom is 0.130 e. The summed E-state index contributed by atoms with van der Waals surface area (Å²) in [5.74, 6) is -1.04. The van der Waals surface area contributed by atoms with Gasteiger partial charge in [-0.2, -0.15) is 0 Å². The number of hydrogen-bond acceptors (Lipinski definition) is 2. The summed E-state index contributed by atoms with van der Waals surface area (Å²) in [7, 11) is 0. The molecule has 0 bridgehead atoms. The second-order valence-corrected chi connectivity index (χ2v) is 4.47. The summed E-state index contributed by atoms with van der Waals surface area (Å²) in [6, 6.07) is 3.82. The predicted octanol–water partition coefficient (Wildman–Crippen LogP) is 2.79. The van der Waals surface area contributed by atoms with E-state index >= 15 is 0 Å². The maximum atomic E-state index is 13.5. The van der Waals surface area contributed by atoms with Gasteiger partial charge in [-0.25, -0.2) is 8.78 Å². The van der Waals surface area contributed by atoms with Crippen LogP contribution in [0.2, 0.25) is 0 Å². The third-order valence-electron chi connectivity index (χ3n) is 3.08. The number of benzene rings is 1. The molecular weight excluding hydrogens is 224 g/mol. The van der Waals surface area contributed by atoms with Crippen LogP contribution < -0.4 is 5.32 Å². The molecular formula is C13H17F2NO. The Morgan fingerprint density at radius 2 is 2.24 bits per heavy atom. The van der Waals surface area contributed by atoms with E-state index in [0.717, 1.165) is 25.5 Å². The third-order valence-corrected chi connectivity index (χ3v) is 3.08. The Bertz CT molecular complexity index is 378. The molecule has 2 atom stereocenters. The number of hydrogen-bond donors (Lipinski definition) is 1. The van der Waals surface area contributed by atoms with Crippen LogP contribution >= 0.6 is 0 Å². The monoisotopic (exact) mass is 241 g/mol. The van der Waals surface area contributed by atoms with E-state index in [1.54, 1.807) is 0 Å². The van der Waals surface area contributed by atoms with E-state index in [0.29, 0.717) is 12.2 Å². The van der Waals surface area contributed by atoms with Crippen LogP contribution in [0, 0.1) is 11.6 Å². The summed E-state index contributed by atoms with van der Waals surface area (Å²) < 4.78 is 31.7. The third kappa shape index (κ3) is 3.23. The highest BCUT2D eigenvalue weighted by Gasteiger charge is 2.18. The number of nitrogens with one attached hydrogen (secondary N) is 1. The Hall–Kier alpha value is -1.00. The zero-order valence-corrected chi connectivity index (χ0v) is 9.88. The molecule has 1 aliphatic heterocycles. The first kappa shape index (κ1) is 12.5. The fraction of sp³-hybridized carbons (Fsp3) is 0.538. The van der Waals surface area contributed by atoms with Gasteiger partial charge in [-0.05, 0) is 25.8 Å². The second kappa shape index (κ2) is 5.56. The smallest absolute Gasteiger partial charge is 0.130 e. The lowest BCUT2D eigenvalue weighted by Crippen LogP contribution is -2.38. The van der Waals surface area contributed by atoms with Crippen LogP contribution in [0.5, 0.6) is 0 Å². The van der Waals surface area contributed by atoms with E-state index in [9.17, 15) is 8.78 Å². The van der Waals surface area contributed by atoms with Crippen LogP contribution in [-0.2, 0) is 4.74 Å². The molecule has 0 amide bonds. The van der Waals surface area contributed by atoms with Crippen molar-refractivity contribution in [3.8, 4) is 0 Å². The Balaban J connectivity index is 2.00. The van der Waals surface area contributed by atoms with Gasteiger partial charge in [-0.3, -0.25) is 0 Å². The molecule has 1 aliphatic rings. The minimum absolute atomic E-state index is 0.137. The van der Waals surface area contributed by atoms with Crippen molar-refractivity contribution in [3.63, 3.8) is 0 Å². The Morgan fingerprint density at radius 3 is 2.88 bits per heavy atom. The fourth-order valence-corrected chi connectivity index (χ4v) is 2.17. The Kier molecular flexibility index (Phi) is 4.07. The molecule has 1 aromatic rings. The van der Waals surface area contributed by atoms with Crippen molar-refractivity contribution >= 4 is 0 Å². The minimum atomic E-state index is -0.542. The van der Waals surface area contributed by atoms with Crippen molar-refractivity contribution in [2.75, 3.05) is 13.2 Å². The Labute approximate surface area is 100.0 Å². The van der Waals surface area contributed by atoms with Gasteiger partial charge in [-0.1, -0.05) is 6.07 Å².